The fraction of sp³-hybridized carbons (Fsp3) is 0.130. The Bertz CT molecular complexity index is 1590. The molecule has 0 fully saturated rings. The van der Waals surface area contributed by atoms with Crippen molar-refractivity contribution in [3.63, 3.8) is 0 Å². The van der Waals surface area contributed by atoms with Gasteiger partial charge >= 0.3 is 5.69 Å². The molecule has 11 heteroatoms. The van der Waals surface area contributed by atoms with Crippen LogP contribution in [0, 0.1) is 0 Å². The van der Waals surface area contributed by atoms with E-state index in [1.54, 1.807) is 42.2 Å². The van der Waals surface area contributed by atoms with Crippen molar-refractivity contribution in [1.29, 1.82) is 0 Å². The van der Waals surface area contributed by atoms with Crippen molar-refractivity contribution in [2.45, 2.75) is 6.54 Å². The fourth-order valence-electron chi connectivity index (χ4n) is 3.62. The molecule has 2 aromatic carbocycles. The Labute approximate surface area is 197 Å². The maximum atomic E-state index is 12.8. The predicted octanol–water partition coefficient (Wildman–Crippen LogP) is 3.12. The summed E-state index contributed by atoms with van der Waals surface area (Å²) in [5, 5.41) is 12.0. The quantitative estimate of drug-likeness (QED) is 0.402. The van der Waals surface area contributed by atoms with E-state index in [2.05, 4.69) is 15.5 Å². The fourth-order valence-corrected chi connectivity index (χ4v) is 3.88. The van der Waals surface area contributed by atoms with E-state index in [-0.39, 0.29) is 6.54 Å². The summed E-state index contributed by atoms with van der Waals surface area (Å²) >= 11 is 6.11. The molecule has 10 nitrogen and oxygen atoms in total. The first-order valence-corrected chi connectivity index (χ1v) is 10.6. The lowest BCUT2D eigenvalue weighted by molar-refractivity contribution is -0.117. The Morgan fingerprint density at radius 1 is 1.03 bits per heavy atom. The molecule has 1 N–H and O–H groups in total. The number of ether oxygens (including phenoxy) is 2. The van der Waals surface area contributed by atoms with Gasteiger partial charge in [0.15, 0.2) is 5.65 Å². The van der Waals surface area contributed by atoms with Crippen LogP contribution >= 0.6 is 11.6 Å². The molecule has 0 saturated carbocycles. The maximum Gasteiger partial charge on any atom is 0.350 e. The zero-order valence-electron chi connectivity index (χ0n) is 18.2. The number of rotatable bonds is 6. The highest BCUT2D eigenvalue weighted by atomic mass is 35.5. The topological polar surface area (TPSA) is 104 Å². The Kier molecular flexibility index (Phi) is 5.42. The largest absolute Gasteiger partial charge is 0.497 e. The Morgan fingerprint density at radius 3 is 2.53 bits per heavy atom. The van der Waals surface area contributed by atoms with Crippen molar-refractivity contribution in [3.05, 3.63) is 76.4 Å². The summed E-state index contributed by atoms with van der Waals surface area (Å²) in [4.78, 5) is 25.4. The first-order chi connectivity index (χ1) is 16.5. The Hall–Kier alpha value is -4.31. The van der Waals surface area contributed by atoms with E-state index >= 15 is 0 Å². The van der Waals surface area contributed by atoms with Gasteiger partial charge in [-0.05, 0) is 48.5 Å². The average molecular weight is 479 g/mol. The van der Waals surface area contributed by atoms with E-state index in [0.29, 0.717) is 33.3 Å². The van der Waals surface area contributed by atoms with Gasteiger partial charge in [-0.25, -0.2) is 18.4 Å². The van der Waals surface area contributed by atoms with E-state index in [9.17, 15) is 9.59 Å². The second-order valence-electron chi connectivity index (χ2n) is 7.42. The number of carbonyl (C=O) groups excluding carboxylic acids is 1. The van der Waals surface area contributed by atoms with Gasteiger partial charge in [0.25, 0.3) is 0 Å². The van der Waals surface area contributed by atoms with Gasteiger partial charge in [0, 0.05) is 23.6 Å². The van der Waals surface area contributed by atoms with Crippen LogP contribution in [0.15, 0.2) is 65.7 Å². The number of benzene rings is 2. The molecule has 1 amide bonds. The minimum atomic E-state index is -0.437. The number of anilines is 1. The molecule has 34 heavy (non-hydrogen) atoms. The van der Waals surface area contributed by atoms with Crippen LogP contribution in [-0.4, -0.2) is 43.9 Å². The van der Waals surface area contributed by atoms with Crippen LogP contribution < -0.4 is 20.5 Å². The number of aromatic nitrogens is 5. The first-order valence-electron chi connectivity index (χ1n) is 10.2. The summed E-state index contributed by atoms with van der Waals surface area (Å²) in [6.07, 6.45) is 3.24. The van der Waals surface area contributed by atoms with Crippen molar-refractivity contribution in [2.75, 3.05) is 19.5 Å². The van der Waals surface area contributed by atoms with E-state index in [1.807, 2.05) is 30.3 Å². The molecular weight excluding hydrogens is 460 g/mol. The molecule has 0 aliphatic carbocycles. The third kappa shape index (κ3) is 3.84. The molecule has 5 aromatic rings. The number of carbonyl (C=O) groups is 1. The minimum Gasteiger partial charge on any atom is -0.497 e. The van der Waals surface area contributed by atoms with Gasteiger partial charge in [-0.15, -0.1) is 5.10 Å². The number of methoxy groups -OCH3 is 2. The maximum absolute atomic E-state index is 12.8. The van der Waals surface area contributed by atoms with Gasteiger partial charge in [0.05, 0.1) is 24.9 Å². The SMILES string of the molecule is COc1ccc(-c2cc3c4nn(CC(=O)Nc5ccc(OC)c(Cl)c5)c(=O)n4ccn3n2)cc1. The molecule has 0 bridgehead atoms. The number of hydrogen-bond acceptors (Lipinski definition) is 6. The highest BCUT2D eigenvalue weighted by molar-refractivity contribution is 6.32. The molecule has 0 atom stereocenters. The summed E-state index contributed by atoms with van der Waals surface area (Å²) in [7, 11) is 3.11. The van der Waals surface area contributed by atoms with Gasteiger partial charge in [-0.2, -0.15) is 5.10 Å². The normalized spacial score (nSPS) is 11.1. The highest BCUT2D eigenvalue weighted by Gasteiger charge is 2.16. The first kappa shape index (κ1) is 21.5. The van der Waals surface area contributed by atoms with E-state index < -0.39 is 11.6 Å². The van der Waals surface area contributed by atoms with E-state index in [0.717, 1.165) is 16.0 Å². The van der Waals surface area contributed by atoms with Gasteiger partial charge in [0.2, 0.25) is 5.91 Å². The lowest BCUT2D eigenvalue weighted by atomic mass is 10.1. The Balaban J connectivity index is 1.44. The lowest BCUT2D eigenvalue weighted by Gasteiger charge is -2.07. The molecule has 5 rings (SSSR count). The summed E-state index contributed by atoms with van der Waals surface area (Å²) in [5.74, 6) is 0.820. The molecule has 0 aliphatic heterocycles. The molecule has 0 unspecified atom stereocenters. The van der Waals surface area contributed by atoms with Crippen molar-refractivity contribution < 1.29 is 14.3 Å². The van der Waals surface area contributed by atoms with Gasteiger partial charge in [-0.3, -0.25) is 4.79 Å². The second-order valence-corrected chi connectivity index (χ2v) is 7.82. The molecule has 0 saturated heterocycles. The van der Waals surface area contributed by atoms with Crippen molar-refractivity contribution in [3.8, 4) is 22.8 Å². The standard InChI is InChI=1S/C23H19ClN6O4/c1-33-16-6-3-14(4-7-16)18-12-19-22-27-30(23(32)28(22)9-10-29(19)26-18)13-21(31)25-15-5-8-20(34-2)17(24)11-15/h3-12H,13H2,1-2H3,(H,25,31). The summed E-state index contributed by atoms with van der Waals surface area (Å²) in [5.41, 5.74) is 2.67. The van der Waals surface area contributed by atoms with Crippen LogP contribution in [0.25, 0.3) is 22.4 Å². The second kappa shape index (κ2) is 8.56. The average Bonchev–Trinajstić information content (AvgIpc) is 3.41. The smallest absolute Gasteiger partial charge is 0.350 e. The zero-order chi connectivity index (χ0) is 23.8. The Morgan fingerprint density at radius 2 is 1.82 bits per heavy atom. The van der Waals surface area contributed by atoms with Crippen LogP contribution in [0.3, 0.4) is 0 Å². The van der Waals surface area contributed by atoms with Crippen LogP contribution in [0.2, 0.25) is 5.02 Å². The number of fused-ring (bicyclic) bond motifs is 3. The molecule has 0 spiro atoms. The van der Waals surface area contributed by atoms with E-state index in [1.165, 1.54) is 11.5 Å². The van der Waals surface area contributed by atoms with Crippen molar-refractivity contribution >= 4 is 34.4 Å². The molecule has 172 valence electrons. The van der Waals surface area contributed by atoms with Gasteiger partial charge < -0.3 is 14.8 Å². The third-order valence-corrected chi connectivity index (χ3v) is 5.60. The van der Waals surface area contributed by atoms with Gasteiger partial charge in [-0.1, -0.05) is 11.6 Å². The third-order valence-electron chi connectivity index (χ3n) is 5.31. The predicted molar refractivity (Wildman–Crippen MR) is 127 cm³/mol. The van der Waals surface area contributed by atoms with Crippen molar-refractivity contribution in [1.82, 2.24) is 23.8 Å². The van der Waals surface area contributed by atoms with Crippen LogP contribution in [0.4, 0.5) is 5.69 Å². The number of amides is 1. The highest BCUT2D eigenvalue weighted by Crippen LogP contribution is 2.27. The zero-order valence-corrected chi connectivity index (χ0v) is 19.0. The summed E-state index contributed by atoms with van der Waals surface area (Å²) in [6, 6.07) is 14.2. The minimum absolute atomic E-state index is 0.268. The lowest BCUT2D eigenvalue weighted by Crippen LogP contribution is -2.28. The molecule has 3 heterocycles. The van der Waals surface area contributed by atoms with Crippen molar-refractivity contribution in [2.24, 2.45) is 0 Å². The molecule has 0 aliphatic rings. The molecule has 0 radical (unpaired) electrons. The summed E-state index contributed by atoms with van der Waals surface area (Å²) in [6.45, 7) is -0.268. The number of hydrogen-bond donors (Lipinski definition) is 1. The van der Waals surface area contributed by atoms with E-state index in [4.69, 9.17) is 21.1 Å². The number of nitrogens with zero attached hydrogens (tertiary/aromatic N) is 5. The van der Waals surface area contributed by atoms with Crippen LogP contribution in [0.1, 0.15) is 0 Å². The number of nitrogens with one attached hydrogen (secondary N) is 1. The summed E-state index contributed by atoms with van der Waals surface area (Å²) < 4.78 is 14.4. The monoisotopic (exact) mass is 478 g/mol. The van der Waals surface area contributed by atoms with Crippen LogP contribution in [-0.2, 0) is 11.3 Å². The number of halogens is 1. The van der Waals surface area contributed by atoms with Crippen LogP contribution in [0.5, 0.6) is 11.5 Å². The molecule has 3 aromatic heterocycles. The molecular formula is C23H19ClN6O4. The van der Waals surface area contributed by atoms with Gasteiger partial charge in [0.1, 0.15) is 23.6 Å².